The van der Waals surface area contributed by atoms with Crippen LogP contribution in [0.3, 0.4) is 0 Å². The van der Waals surface area contributed by atoms with Crippen molar-refractivity contribution in [1.82, 2.24) is 9.78 Å². The highest BCUT2D eigenvalue weighted by molar-refractivity contribution is 8.00. The summed E-state index contributed by atoms with van der Waals surface area (Å²) in [6, 6.07) is 16.9. The van der Waals surface area contributed by atoms with E-state index in [1.54, 1.807) is 18.0 Å². The summed E-state index contributed by atoms with van der Waals surface area (Å²) >= 11 is 1.56. The van der Waals surface area contributed by atoms with Crippen molar-refractivity contribution in [1.29, 1.82) is 0 Å². The van der Waals surface area contributed by atoms with E-state index in [2.05, 4.69) is 40.7 Å². The second-order valence-electron chi connectivity index (χ2n) is 6.80. The van der Waals surface area contributed by atoms with Crippen LogP contribution < -0.4 is 5.32 Å². The summed E-state index contributed by atoms with van der Waals surface area (Å²) in [7, 11) is 0. The van der Waals surface area contributed by atoms with E-state index in [4.69, 9.17) is 0 Å². The van der Waals surface area contributed by atoms with Crippen LogP contribution in [0.1, 0.15) is 38.1 Å². The molecule has 4 nitrogen and oxygen atoms in total. The van der Waals surface area contributed by atoms with Crippen LogP contribution in [-0.4, -0.2) is 21.4 Å². The molecule has 1 N–H and O–H groups in total. The first-order valence-corrected chi connectivity index (χ1v) is 10.2. The molecule has 1 saturated carbocycles. The van der Waals surface area contributed by atoms with Crippen LogP contribution in [0.15, 0.2) is 59.6 Å². The third-order valence-electron chi connectivity index (χ3n) is 4.95. The second kappa shape index (κ2) is 7.96. The number of amides is 1. The van der Waals surface area contributed by atoms with Gasteiger partial charge in [0.15, 0.2) is 0 Å². The van der Waals surface area contributed by atoms with Gasteiger partial charge in [-0.05, 0) is 35.7 Å². The fourth-order valence-electron chi connectivity index (χ4n) is 3.61. The second-order valence-corrected chi connectivity index (χ2v) is 7.85. The highest BCUT2D eigenvalue weighted by Crippen LogP contribution is 2.30. The average molecular weight is 366 g/mol. The van der Waals surface area contributed by atoms with Gasteiger partial charge in [-0.2, -0.15) is 5.10 Å². The summed E-state index contributed by atoms with van der Waals surface area (Å²) in [4.78, 5) is 13.5. The Morgan fingerprint density at radius 3 is 2.73 bits per heavy atom. The Hall–Kier alpha value is -2.27. The van der Waals surface area contributed by atoms with E-state index >= 15 is 0 Å². The molecule has 0 bridgehead atoms. The molecule has 1 fully saturated rings. The minimum atomic E-state index is 0.0146. The van der Waals surface area contributed by atoms with Gasteiger partial charge in [0.1, 0.15) is 5.82 Å². The molecular weight excluding hydrogens is 342 g/mol. The van der Waals surface area contributed by atoms with Gasteiger partial charge in [0.2, 0.25) is 5.91 Å². The SMILES string of the molecule is O=C(CSc1ccc2ccccc2c1)Nc1ccnn1C1CCCCC1. The quantitative estimate of drug-likeness (QED) is 0.626. The molecule has 0 spiro atoms. The van der Waals surface area contributed by atoms with Gasteiger partial charge in [-0.1, -0.05) is 49.6 Å². The number of nitrogens with zero attached hydrogens (tertiary/aromatic N) is 2. The van der Waals surface area contributed by atoms with Gasteiger partial charge < -0.3 is 5.32 Å². The summed E-state index contributed by atoms with van der Waals surface area (Å²) in [6.07, 6.45) is 7.88. The molecule has 1 aliphatic rings. The molecule has 4 rings (SSSR count). The van der Waals surface area contributed by atoms with E-state index in [-0.39, 0.29) is 5.91 Å². The number of hydrogen-bond acceptors (Lipinski definition) is 3. The maximum atomic E-state index is 12.4. The van der Waals surface area contributed by atoms with E-state index < -0.39 is 0 Å². The van der Waals surface area contributed by atoms with Gasteiger partial charge in [0.05, 0.1) is 18.0 Å². The van der Waals surface area contributed by atoms with Gasteiger partial charge in [0, 0.05) is 11.0 Å². The number of thioether (sulfide) groups is 1. The lowest BCUT2D eigenvalue weighted by atomic mass is 9.96. The summed E-state index contributed by atoms with van der Waals surface area (Å²) in [6.45, 7) is 0. The molecular formula is C21H23N3OS. The lowest BCUT2D eigenvalue weighted by molar-refractivity contribution is -0.113. The van der Waals surface area contributed by atoms with Crippen LogP contribution in [0.25, 0.3) is 10.8 Å². The number of hydrogen-bond donors (Lipinski definition) is 1. The number of nitrogens with one attached hydrogen (secondary N) is 1. The lowest BCUT2D eigenvalue weighted by Crippen LogP contribution is -2.21. The van der Waals surface area contributed by atoms with Crippen LogP contribution >= 0.6 is 11.8 Å². The molecule has 134 valence electrons. The lowest BCUT2D eigenvalue weighted by Gasteiger charge is -2.23. The van der Waals surface area contributed by atoms with Gasteiger partial charge in [0.25, 0.3) is 0 Å². The number of fused-ring (bicyclic) bond motifs is 1. The van der Waals surface area contributed by atoms with Crippen molar-refractivity contribution >= 4 is 34.3 Å². The van der Waals surface area contributed by atoms with Gasteiger partial charge in [-0.25, -0.2) is 4.68 Å². The number of carbonyl (C=O) groups is 1. The molecule has 2 aromatic carbocycles. The van der Waals surface area contributed by atoms with Crippen LogP contribution in [-0.2, 0) is 4.79 Å². The largest absolute Gasteiger partial charge is 0.310 e. The maximum Gasteiger partial charge on any atom is 0.235 e. The van der Waals surface area contributed by atoms with E-state index in [0.717, 1.165) is 23.6 Å². The average Bonchev–Trinajstić information content (AvgIpc) is 3.15. The number of carbonyl (C=O) groups excluding carboxylic acids is 1. The molecule has 1 amide bonds. The van der Waals surface area contributed by atoms with E-state index in [9.17, 15) is 4.79 Å². The van der Waals surface area contributed by atoms with Crippen molar-refractivity contribution in [2.75, 3.05) is 11.1 Å². The molecule has 0 radical (unpaired) electrons. The van der Waals surface area contributed by atoms with Crippen LogP contribution in [0.2, 0.25) is 0 Å². The van der Waals surface area contributed by atoms with Crippen molar-refractivity contribution in [2.24, 2.45) is 0 Å². The van der Waals surface area contributed by atoms with Crippen molar-refractivity contribution in [3.8, 4) is 0 Å². The molecule has 3 aromatic rings. The zero-order valence-electron chi connectivity index (χ0n) is 14.7. The molecule has 0 aliphatic heterocycles. The highest BCUT2D eigenvalue weighted by Gasteiger charge is 2.19. The van der Waals surface area contributed by atoms with E-state index in [0.29, 0.717) is 11.8 Å². The fourth-order valence-corrected chi connectivity index (χ4v) is 4.36. The van der Waals surface area contributed by atoms with E-state index in [1.807, 2.05) is 22.9 Å². The summed E-state index contributed by atoms with van der Waals surface area (Å²) < 4.78 is 2.00. The molecule has 0 unspecified atom stereocenters. The van der Waals surface area contributed by atoms with Gasteiger partial charge >= 0.3 is 0 Å². The summed E-state index contributed by atoms with van der Waals surface area (Å²) in [5.74, 6) is 1.23. The number of anilines is 1. The zero-order chi connectivity index (χ0) is 17.8. The zero-order valence-corrected chi connectivity index (χ0v) is 15.5. The third kappa shape index (κ3) is 3.93. The first-order valence-electron chi connectivity index (χ1n) is 9.24. The minimum Gasteiger partial charge on any atom is -0.310 e. The number of aromatic nitrogens is 2. The van der Waals surface area contributed by atoms with E-state index in [1.165, 1.54) is 30.0 Å². The van der Waals surface area contributed by atoms with Crippen molar-refractivity contribution < 1.29 is 4.79 Å². The van der Waals surface area contributed by atoms with Crippen molar-refractivity contribution in [3.05, 3.63) is 54.7 Å². The summed E-state index contributed by atoms with van der Waals surface area (Å²) in [5.41, 5.74) is 0. The Morgan fingerprint density at radius 1 is 1.08 bits per heavy atom. The molecule has 26 heavy (non-hydrogen) atoms. The topological polar surface area (TPSA) is 46.9 Å². The van der Waals surface area contributed by atoms with Crippen molar-refractivity contribution in [3.63, 3.8) is 0 Å². The first kappa shape index (κ1) is 17.2. The number of rotatable bonds is 5. The smallest absolute Gasteiger partial charge is 0.235 e. The molecule has 1 aromatic heterocycles. The normalized spacial score (nSPS) is 15.2. The fraction of sp³-hybridized carbons (Fsp3) is 0.333. The Morgan fingerprint density at radius 2 is 1.88 bits per heavy atom. The monoisotopic (exact) mass is 365 g/mol. The molecule has 5 heteroatoms. The molecule has 0 atom stereocenters. The minimum absolute atomic E-state index is 0.0146. The highest BCUT2D eigenvalue weighted by atomic mass is 32.2. The van der Waals surface area contributed by atoms with Gasteiger partial charge in [-0.3, -0.25) is 4.79 Å². The summed E-state index contributed by atoms with van der Waals surface area (Å²) in [5, 5.41) is 9.90. The van der Waals surface area contributed by atoms with Crippen LogP contribution in [0.4, 0.5) is 5.82 Å². The number of benzene rings is 2. The predicted octanol–water partition coefficient (Wildman–Crippen LogP) is 5.27. The Balaban J connectivity index is 1.37. The van der Waals surface area contributed by atoms with Gasteiger partial charge in [-0.15, -0.1) is 11.8 Å². The first-order chi connectivity index (χ1) is 12.8. The predicted molar refractivity (Wildman–Crippen MR) is 108 cm³/mol. The maximum absolute atomic E-state index is 12.4. The van der Waals surface area contributed by atoms with Crippen molar-refractivity contribution in [2.45, 2.75) is 43.0 Å². The standard InChI is InChI=1S/C21H23N3OS/c25-21(15-26-19-11-10-16-6-4-5-7-17(16)14-19)23-20-12-13-22-24(20)18-8-2-1-3-9-18/h4-7,10-14,18H,1-3,8-9,15H2,(H,23,25). The molecule has 0 saturated heterocycles. The molecule has 1 heterocycles. The Labute approximate surface area is 158 Å². The Kier molecular flexibility index (Phi) is 5.25. The Bertz CT molecular complexity index is 899. The van der Waals surface area contributed by atoms with Crippen LogP contribution in [0, 0.1) is 0 Å². The third-order valence-corrected chi connectivity index (χ3v) is 5.94. The molecule has 1 aliphatic carbocycles. The van der Waals surface area contributed by atoms with Crippen LogP contribution in [0.5, 0.6) is 0 Å².